The predicted octanol–water partition coefficient (Wildman–Crippen LogP) is 2.75. The van der Waals surface area contributed by atoms with Gasteiger partial charge in [-0.2, -0.15) is 5.26 Å². The summed E-state index contributed by atoms with van der Waals surface area (Å²) in [5.41, 5.74) is 3.25. The Labute approximate surface area is 146 Å². The number of hydrogen-bond donors (Lipinski definition) is 1. The summed E-state index contributed by atoms with van der Waals surface area (Å²) in [4.78, 5) is 4.88. The van der Waals surface area contributed by atoms with Crippen LogP contribution in [0.3, 0.4) is 0 Å². The zero-order chi connectivity index (χ0) is 17.4. The Hall–Kier alpha value is -1.41. The lowest BCUT2D eigenvalue weighted by Gasteiger charge is -2.34. The van der Waals surface area contributed by atoms with Crippen molar-refractivity contribution in [1.82, 2.24) is 9.80 Å². The van der Waals surface area contributed by atoms with E-state index in [1.807, 2.05) is 13.0 Å². The fraction of sp³-hybridized carbons (Fsp3) is 0.650. The van der Waals surface area contributed by atoms with E-state index in [4.69, 9.17) is 10.4 Å². The van der Waals surface area contributed by atoms with Crippen molar-refractivity contribution in [3.05, 3.63) is 34.9 Å². The van der Waals surface area contributed by atoms with E-state index in [0.717, 1.165) is 50.3 Å². The Balaban J connectivity index is 1.78. The summed E-state index contributed by atoms with van der Waals surface area (Å²) in [5.74, 6) is 0.590. The van der Waals surface area contributed by atoms with Gasteiger partial charge in [0.05, 0.1) is 18.2 Å². The van der Waals surface area contributed by atoms with Crippen molar-refractivity contribution in [2.45, 2.75) is 39.0 Å². The van der Waals surface area contributed by atoms with Crippen molar-refractivity contribution in [3.8, 4) is 6.07 Å². The lowest BCUT2D eigenvalue weighted by Crippen LogP contribution is -2.47. The van der Waals surface area contributed by atoms with E-state index in [2.05, 4.69) is 34.9 Å². The Morgan fingerprint density at radius 3 is 2.38 bits per heavy atom. The van der Waals surface area contributed by atoms with Crippen molar-refractivity contribution >= 4 is 0 Å². The molecule has 4 heteroatoms. The minimum Gasteiger partial charge on any atom is -0.395 e. The lowest BCUT2D eigenvalue weighted by atomic mass is 9.90. The van der Waals surface area contributed by atoms with Gasteiger partial charge >= 0.3 is 0 Å². The van der Waals surface area contributed by atoms with Crippen molar-refractivity contribution < 1.29 is 5.11 Å². The highest BCUT2D eigenvalue weighted by molar-refractivity contribution is 5.40. The molecule has 0 amide bonds. The molecule has 0 saturated carbocycles. The molecule has 0 radical (unpaired) electrons. The van der Waals surface area contributed by atoms with Gasteiger partial charge in [-0.05, 0) is 55.8 Å². The SMILES string of the molecule is CCC(CCCN1CCN(CCO)CC1)c1ccc(C#N)c(C)c1. The third-order valence-corrected chi connectivity index (χ3v) is 5.24. The standard InChI is InChI=1S/C20H31N3O/c1-3-18(19-6-7-20(16-21)17(2)15-19)5-4-8-22-9-11-23(12-10-22)13-14-24/h6-7,15,18,24H,3-5,8-14H2,1-2H3. The number of rotatable bonds is 8. The maximum absolute atomic E-state index is 9.07. The van der Waals surface area contributed by atoms with Gasteiger partial charge in [0, 0.05) is 32.7 Å². The van der Waals surface area contributed by atoms with Crippen LogP contribution >= 0.6 is 0 Å². The van der Waals surface area contributed by atoms with Crippen LogP contribution in [0.15, 0.2) is 18.2 Å². The molecule has 1 aliphatic rings. The van der Waals surface area contributed by atoms with Crippen molar-refractivity contribution in [2.75, 3.05) is 45.9 Å². The second-order valence-corrected chi connectivity index (χ2v) is 6.84. The molecule has 0 spiro atoms. The van der Waals surface area contributed by atoms with Crippen molar-refractivity contribution in [1.29, 1.82) is 5.26 Å². The number of aliphatic hydroxyl groups excluding tert-OH is 1. The zero-order valence-electron chi connectivity index (χ0n) is 15.2. The molecular formula is C20H31N3O. The average Bonchev–Trinajstić information content (AvgIpc) is 2.60. The highest BCUT2D eigenvalue weighted by Gasteiger charge is 2.17. The normalized spacial score (nSPS) is 17.6. The van der Waals surface area contributed by atoms with Gasteiger partial charge in [-0.25, -0.2) is 0 Å². The lowest BCUT2D eigenvalue weighted by molar-refractivity contribution is 0.111. The van der Waals surface area contributed by atoms with E-state index < -0.39 is 0 Å². The monoisotopic (exact) mass is 329 g/mol. The van der Waals surface area contributed by atoms with Crippen LogP contribution in [0.1, 0.15) is 48.8 Å². The zero-order valence-corrected chi connectivity index (χ0v) is 15.2. The molecule has 4 nitrogen and oxygen atoms in total. The van der Waals surface area contributed by atoms with Gasteiger partial charge in [0.1, 0.15) is 0 Å². The van der Waals surface area contributed by atoms with Crippen LogP contribution in [0.5, 0.6) is 0 Å². The molecule has 0 aromatic heterocycles. The molecule has 1 aromatic carbocycles. The maximum Gasteiger partial charge on any atom is 0.0994 e. The molecule has 24 heavy (non-hydrogen) atoms. The van der Waals surface area contributed by atoms with Gasteiger partial charge in [-0.15, -0.1) is 0 Å². The molecule has 1 aliphatic heterocycles. The Kier molecular flexibility index (Phi) is 7.71. The van der Waals surface area contributed by atoms with Gasteiger partial charge in [0.15, 0.2) is 0 Å². The van der Waals surface area contributed by atoms with Gasteiger partial charge in [0.25, 0.3) is 0 Å². The number of piperazine rings is 1. The largest absolute Gasteiger partial charge is 0.395 e. The Morgan fingerprint density at radius 2 is 1.83 bits per heavy atom. The van der Waals surface area contributed by atoms with Crippen LogP contribution in [0.25, 0.3) is 0 Å². The van der Waals surface area contributed by atoms with Crippen LogP contribution in [-0.2, 0) is 0 Å². The number of benzene rings is 1. The van der Waals surface area contributed by atoms with Gasteiger partial charge < -0.3 is 10.0 Å². The van der Waals surface area contributed by atoms with E-state index in [1.54, 1.807) is 0 Å². The third-order valence-electron chi connectivity index (χ3n) is 5.24. The van der Waals surface area contributed by atoms with Crippen LogP contribution in [0, 0.1) is 18.3 Å². The third kappa shape index (κ3) is 5.31. The number of β-amino-alcohol motifs (C(OH)–C–C–N with tert-alkyl or cyclic N) is 1. The Morgan fingerprint density at radius 1 is 1.17 bits per heavy atom. The fourth-order valence-corrected chi connectivity index (χ4v) is 3.61. The van der Waals surface area contributed by atoms with Crippen LogP contribution in [0.2, 0.25) is 0 Å². The first kappa shape index (κ1) is 18.9. The summed E-state index contributed by atoms with van der Waals surface area (Å²) in [6.45, 7) is 10.9. The van der Waals surface area contributed by atoms with Crippen LogP contribution in [-0.4, -0.2) is 60.8 Å². The Bertz CT molecular complexity index is 544. The number of nitrogens with zero attached hydrogens (tertiary/aromatic N) is 3. The molecule has 0 bridgehead atoms. The van der Waals surface area contributed by atoms with E-state index in [9.17, 15) is 0 Å². The first-order chi connectivity index (χ1) is 11.7. The first-order valence-electron chi connectivity index (χ1n) is 9.24. The maximum atomic E-state index is 9.07. The average molecular weight is 329 g/mol. The highest BCUT2D eigenvalue weighted by atomic mass is 16.3. The molecule has 0 aliphatic carbocycles. The first-order valence-corrected chi connectivity index (χ1v) is 9.24. The van der Waals surface area contributed by atoms with E-state index in [-0.39, 0.29) is 6.61 Å². The molecular weight excluding hydrogens is 298 g/mol. The minimum absolute atomic E-state index is 0.266. The highest BCUT2D eigenvalue weighted by Crippen LogP contribution is 2.26. The molecule has 1 atom stereocenters. The molecule has 1 unspecified atom stereocenters. The molecule has 1 fully saturated rings. The number of aliphatic hydroxyl groups is 1. The summed E-state index contributed by atoms with van der Waals surface area (Å²) >= 11 is 0. The van der Waals surface area contributed by atoms with Crippen molar-refractivity contribution in [2.24, 2.45) is 0 Å². The van der Waals surface area contributed by atoms with Crippen LogP contribution in [0.4, 0.5) is 0 Å². The quantitative estimate of drug-likeness (QED) is 0.797. The second-order valence-electron chi connectivity index (χ2n) is 6.84. The van der Waals surface area contributed by atoms with Gasteiger partial charge in [-0.3, -0.25) is 4.90 Å². The summed E-state index contributed by atoms with van der Waals surface area (Å²) in [5, 5.41) is 18.1. The van der Waals surface area contributed by atoms with Gasteiger partial charge in [0.2, 0.25) is 0 Å². The second kappa shape index (κ2) is 9.78. The van der Waals surface area contributed by atoms with E-state index in [0.29, 0.717) is 5.92 Å². The summed E-state index contributed by atoms with van der Waals surface area (Å²) in [6.07, 6.45) is 3.58. The number of hydrogen-bond acceptors (Lipinski definition) is 4. The van der Waals surface area contributed by atoms with Gasteiger partial charge in [-0.1, -0.05) is 19.1 Å². The topological polar surface area (TPSA) is 50.5 Å². The van der Waals surface area contributed by atoms with E-state index in [1.165, 1.54) is 24.9 Å². The molecule has 1 saturated heterocycles. The van der Waals surface area contributed by atoms with Crippen LogP contribution < -0.4 is 0 Å². The molecule has 1 N–H and O–H groups in total. The van der Waals surface area contributed by atoms with E-state index >= 15 is 0 Å². The molecule has 1 heterocycles. The van der Waals surface area contributed by atoms with Crippen molar-refractivity contribution in [3.63, 3.8) is 0 Å². The molecule has 132 valence electrons. The summed E-state index contributed by atoms with van der Waals surface area (Å²) in [7, 11) is 0. The number of aryl methyl sites for hydroxylation is 1. The summed E-state index contributed by atoms with van der Waals surface area (Å²) in [6, 6.07) is 8.54. The summed E-state index contributed by atoms with van der Waals surface area (Å²) < 4.78 is 0. The smallest absolute Gasteiger partial charge is 0.0994 e. The fourth-order valence-electron chi connectivity index (χ4n) is 3.61. The minimum atomic E-state index is 0.266. The predicted molar refractivity (Wildman–Crippen MR) is 98.1 cm³/mol. The molecule has 1 aromatic rings. The number of nitriles is 1. The molecule has 2 rings (SSSR count).